The average molecular weight is 486 g/mol. The molecular weight excluding hydrogens is 458 g/mol. The Labute approximate surface area is 191 Å². The number of nitrogens with zero attached hydrogens (tertiary/aromatic N) is 1. The van der Waals surface area contributed by atoms with Gasteiger partial charge in [0.15, 0.2) is 11.5 Å². The molecule has 164 valence electrons. The highest BCUT2D eigenvalue weighted by Gasteiger charge is 2.41. The van der Waals surface area contributed by atoms with Crippen LogP contribution in [0, 0.1) is 0 Å². The van der Waals surface area contributed by atoms with E-state index in [1.807, 2.05) is 18.2 Å². The summed E-state index contributed by atoms with van der Waals surface area (Å²) >= 11 is 3.68. The Bertz CT molecular complexity index is 1100. The number of benzene rings is 2. The normalized spacial score (nSPS) is 17.8. The summed E-state index contributed by atoms with van der Waals surface area (Å²) in [6, 6.07) is 7.50. The molecule has 6 heteroatoms. The van der Waals surface area contributed by atoms with Crippen LogP contribution < -0.4 is 9.47 Å². The molecule has 0 unspecified atom stereocenters. The zero-order valence-electron chi connectivity index (χ0n) is 18.9. The van der Waals surface area contributed by atoms with E-state index in [2.05, 4.69) is 43.6 Å². The quantitative estimate of drug-likeness (QED) is 0.437. The fourth-order valence-corrected chi connectivity index (χ4v) is 5.25. The van der Waals surface area contributed by atoms with Crippen LogP contribution >= 0.6 is 15.9 Å². The molecule has 31 heavy (non-hydrogen) atoms. The van der Waals surface area contributed by atoms with Crippen LogP contribution in [0.4, 0.5) is 0 Å². The van der Waals surface area contributed by atoms with Crippen molar-refractivity contribution in [1.29, 1.82) is 0 Å². The fraction of sp³-hybridized carbons (Fsp3) is 0.440. The van der Waals surface area contributed by atoms with Crippen LogP contribution in [-0.2, 0) is 22.9 Å². The van der Waals surface area contributed by atoms with Gasteiger partial charge in [-0.15, -0.1) is 0 Å². The second kappa shape index (κ2) is 7.66. The topological polar surface area (TPSA) is 57.1 Å². The third-order valence-electron chi connectivity index (χ3n) is 5.86. The fourth-order valence-electron chi connectivity index (χ4n) is 4.66. The number of methoxy groups -OCH3 is 2. The number of fused-ring (bicyclic) bond motifs is 3. The van der Waals surface area contributed by atoms with Crippen molar-refractivity contribution in [2.45, 2.75) is 57.0 Å². The summed E-state index contributed by atoms with van der Waals surface area (Å²) < 4.78 is 17.2. The Morgan fingerprint density at radius 1 is 1.16 bits per heavy atom. The molecule has 4 rings (SSSR count). The van der Waals surface area contributed by atoms with Gasteiger partial charge in [0.2, 0.25) is 0 Å². The lowest BCUT2D eigenvalue weighted by atomic mass is 9.78. The smallest absolute Gasteiger partial charge is 0.337 e. The van der Waals surface area contributed by atoms with Gasteiger partial charge in [-0.3, -0.25) is 4.99 Å². The van der Waals surface area contributed by atoms with E-state index in [1.165, 1.54) is 12.7 Å². The number of ether oxygens (including phenoxy) is 3. The van der Waals surface area contributed by atoms with E-state index in [1.54, 1.807) is 13.2 Å². The van der Waals surface area contributed by atoms with E-state index >= 15 is 0 Å². The van der Waals surface area contributed by atoms with Crippen molar-refractivity contribution in [3.63, 3.8) is 0 Å². The van der Waals surface area contributed by atoms with Crippen molar-refractivity contribution >= 4 is 27.6 Å². The molecule has 2 heterocycles. The Morgan fingerprint density at radius 2 is 1.90 bits per heavy atom. The zero-order chi connectivity index (χ0) is 22.6. The van der Waals surface area contributed by atoms with E-state index < -0.39 is 0 Å². The first-order chi connectivity index (χ1) is 14.6. The van der Waals surface area contributed by atoms with Crippen molar-refractivity contribution in [1.82, 2.24) is 0 Å². The number of halogens is 1. The molecule has 0 saturated carbocycles. The summed E-state index contributed by atoms with van der Waals surface area (Å²) in [5, 5.41) is 0.654. The second-order valence-corrected chi connectivity index (χ2v) is 9.93. The lowest BCUT2D eigenvalue weighted by molar-refractivity contribution is 0.0600. The van der Waals surface area contributed by atoms with Crippen molar-refractivity contribution in [2.75, 3.05) is 14.2 Å². The highest BCUT2D eigenvalue weighted by Crippen LogP contribution is 2.50. The first-order valence-electron chi connectivity index (χ1n) is 10.4. The van der Waals surface area contributed by atoms with Crippen LogP contribution in [0.1, 0.15) is 65.9 Å². The molecule has 2 aliphatic rings. The Kier molecular flexibility index (Phi) is 5.41. The summed E-state index contributed by atoms with van der Waals surface area (Å²) in [5.74, 6) is 1.25. The summed E-state index contributed by atoms with van der Waals surface area (Å²) in [4.78, 5) is 17.3. The van der Waals surface area contributed by atoms with Gasteiger partial charge in [0.1, 0.15) is 5.60 Å². The van der Waals surface area contributed by atoms with Crippen LogP contribution in [0.25, 0.3) is 0 Å². The summed E-state index contributed by atoms with van der Waals surface area (Å²) in [7, 11) is 3.10. The Balaban J connectivity index is 2.03. The maximum atomic E-state index is 12.2. The van der Waals surface area contributed by atoms with Gasteiger partial charge in [0.25, 0.3) is 0 Å². The number of hydrogen-bond acceptors (Lipinski definition) is 5. The lowest BCUT2D eigenvalue weighted by Gasteiger charge is -2.33. The number of aliphatic imine (C=N–C) groups is 1. The van der Waals surface area contributed by atoms with Crippen molar-refractivity contribution in [3.05, 3.63) is 57.6 Å². The van der Waals surface area contributed by atoms with Crippen LogP contribution in [0.15, 0.2) is 29.3 Å². The maximum Gasteiger partial charge on any atom is 0.337 e. The van der Waals surface area contributed by atoms with Crippen molar-refractivity contribution < 1.29 is 19.0 Å². The van der Waals surface area contributed by atoms with E-state index in [9.17, 15) is 4.79 Å². The number of carbonyl (C=O) groups is 1. The largest absolute Gasteiger partial charge is 0.493 e. The van der Waals surface area contributed by atoms with E-state index in [4.69, 9.17) is 19.2 Å². The van der Waals surface area contributed by atoms with Gasteiger partial charge >= 0.3 is 5.97 Å². The summed E-state index contributed by atoms with van der Waals surface area (Å²) in [5.41, 5.74) is 6.22. The van der Waals surface area contributed by atoms with Crippen LogP contribution in [0.5, 0.6) is 11.5 Å². The molecule has 2 aliphatic heterocycles. The monoisotopic (exact) mass is 485 g/mol. The number of carbonyl (C=O) groups excluding carboxylic acids is 1. The second-order valence-electron chi connectivity index (χ2n) is 9.37. The number of hydrogen-bond donors (Lipinski definition) is 0. The first-order valence-corrected chi connectivity index (χ1v) is 11.5. The lowest BCUT2D eigenvalue weighted by Crippen LogP contribution is -2.31. The summed E-state index contributed by atoms with van der Waals surface area (Å²) in [6.45, 7) is 8.46. The zero-order valence-corrected chi connectivity index (χ0v) is 20.5. The van der Waals surface area contributed by atoms with Gasteiger partial charge in [-0.05, 0) is 51.8 Å². The van der Waals surface area contributed by atoms with E-state index in [-0.39, 0.29) is 17.1 Å². The highest BCUT2D eigenvalue weighted by molar-refractivity contribution is 9.08. The Hall–Kier alpha value is -2.34. The molecular formula is C25H28BrNO4. The van der Waals surface area contributed by atoms with Gasteiger partial charge in [-0.2, -0.15) is 0 Å². The minimum absolute atomic E-state index is 0.297. The molecule has 0 N–H and O–H groups in total. The highest BCUT2D eigenvalue weighted by atomic mass is 79.9. The van der Waals surface area contributed by atoms with Gasteiger partial charge in [-0.1, -0.05) is 28.1 Å². The van der Waals surface area contributed by atoms with Crippen molar-refractivity contribution in [2.24, 2.45) is 4.99 Å². The third-order valence-corrected chi connectivity index (χ3v) is 6.42. The molecule has 0 fully saturated rings. The minimum atomic E-state index is -0.358. The minimum Gasteiger partial charge on any atom is -0.493 e. The number of alkyl halides is 1. The predicted molar refractivity (Wildman–Crippen MR) is 125 cm³/mol. The average Bonchev–Trinajstić information content (AvgIpc) is 3.05. The number of rotatable bonds is 4. The molecule has 2 aromatic rings. The third kappa shape index (κ3) is 3.75. The molecule has 5 nitrogen and oxygen atoms in total. The van der Waals surface area contributed by atoms with Gasteiger partial charge in [0.05, 0.1) is 31.0 Å². The Morgan fingerprint density at radius 3 is 2.55 bits per heavy atom. The molecule has 0 aromatic heterocycles. The molecule has 0 radical (unpaired) electrons. The van der Waals surface area contributed by atoms with Gasteiger partial charge in [-0.25, -0.2) is 4.79 Å². The van der Waals surface area contributed by atoms with Crippen LogP contribution in [0.3, 0.4) is 0 Å². The molecule has 0 aliphatic carbocycles. The SMILES string of the molecule is COC(=O)c1cccc(C2=NC(C)(C)Cc3c(CBr)c(OC)c4c(c32)CC(C)(C)O4)c1. The van der Waals surface area contributed by atoms with Gasteiger partial charge < -0.3 is 14.2 Å². The molecule has 0 amide bonds. The van der Waals surface area contributed by atoms with Gasteiger partial charge in [0, 0.05) is 34.0 Å². The molecule has 0 atom stereocenters. The van der Waals surface area contributed by atoms with Crippen LogP contribution in [-0.4, -0.2) is 37.0 Å². The summed E-state index contributed by atoms with van der Waals surface area (Å²) in [6.07, 6.45) is 1.56. The molecule has 2 aromatic carbocycles. The van der Waals surface area contributed by atoms with E-state index in [0.717, 1.165) is 52.3 Å². The number of esters is 1. The standard InChI is InChI=1S/C25H28BrNO4/c1-24(2)11-16-18(13-26)21(29-5)22-17(12-25(3,4)31-22)19(16)20(27-24)14-8-7-9-15(10-14)23(28)30-6/h7-10H,11-13H2,1-6H3. The van der Waals surface area contributed by atoms with Crippen LogP contribution in [0.2, 0.25) is 0 Å². The first kappa shape index (κ1) is 21.9. The molecule has 0 spiro atoms. The van der Waals surface area contributed by atoms with Crippen molar-refractivity contribution in [3.8, 4) is 11.5 Å². The predicted octanol–water partition coefficient (Wildman–Crippen LogP) is 5.26. The molecule has 0 saturated heterocycles. The molecule has 0 bridgehead atoms. The van der Waals surface area contributed by atoms with E-state index in [0.29, 0.717) is 10.9 Å². The maximum absolute atomic E-state index is 12.2.